The number of likely N-dealkylation sites (tertiary alicyclic amines) is 1. The first-order chi connectivity index (χ1) is 9.11. The minimum Gasteiger partial charge on any atom is -0.475 e. The van der Waals surface area contributed by atoms with Gasteiger partial charge in [0.2, 0.25) is 5.76 Å². The molecule has 0 radical (unpaired) electrons. The molecule has 0 aliphatic carbocycles. The maximum absolute atomic E-state index is 12.2. The summed E-state index contributed by atoms with van der Waals surface area (Å²) in [5.74, 6) is -1.09. The lowest BCUT2D eigenvalue weighted by Gasteiger charge is -2.18. The van der Waals surface area contributed by atoms with Gasteiger partial charge in [-0.25, -0.2) is 4.79 Å². The lowest BCUT2D eigenvalue weighted by atomic mass is 9.98. The average Bonchev–Trinajstić information content (AvgIpc) is 2.77. The van der Waals surface area contributed by atoms with Crippen molar-refractivity contribution in [3.8, 4) is 0 Å². The third-order valence-electron chi connectivity index (χ3n) is 3.65. The highest BCUT2D eigenvalue weighted by atomic mass is 16.5. The lowest BCUT2D eigenvalue weighted by molar-refractivity contribution is 0.0648. The van der Waals surface area contributed by atoms with Crippen LogP contribution in [0, 0.1) is 5.92 Å². The van der Waals surface area contributed by atoms with Gasteiger partial charge < -0.3 is 14.5 Å². The summed E-state index contributed by atoms with van der Waals surface area (Å²) in [5, 5.41) is 12.3. The van der Waals surface area contributed by atoms with Crippen LogP contribution in [0.4, 0.5) is 0 Å². The molecule has 19 heavy (non-hydrogen) atoms. The van der Waals surface area contributed by atoms with E-state index in [-0.39, 0.29) is 17.4 Å². The molecule has 1 amide bonds. The first kappa shape index (κ1) is 13.6. The summed E-state index contributed by atoms with van der Waals surface area (Å²) in [6, 6.07) is 1.19. The number of hydrogen-bond donors (Lipinski definition) is 1. The molecule has 1 fully saturated rings. The number of carboxylic acid groups (broad SMARTS) is 1. The number of amides is 1. The highest BCUT2D eigenvalue weighted by Gasteiger charge is 2.24. The van der Waals surface area contributed by atoms with Gasteiger partial charge in [-0.3, -0.25) is 4.79 Å². The Labute approximate surface area is 111 Å². The van der Waals surface area contributed by atoms with Gasteiger partial charge in [-0.15, -0.1) is 0 Å². The zero-order valence-electron chi connectivity index (χ0n) is 11.0. The van der Waals surface area contributed by atoms with Crippen LogP contribution in [0.1, 0.15) is 53.7 Å². The Morgan fingerprint density at radius 1 is 1.47 bits per heavy atom. The summed E-state index contributed by atoms with van der Waals surface area (Å²) in [5.41, 5.74) is 0.0762. The van der Waals surface area contributed by atoms with E-state index in [1.807, 2.05) is 0 Å². The van der Waals surface area contributed by atoms with Gasteiger partial charge >= 0.3 is 5.97 Å². The van der Waals surface area contributed by atoms with E-state index in [9.17, 15) is 9.59 Å². The van der Waals surface area contributed by atoms with Gasteiger partial charge in [0.15, 0.2) is 5.69 Å². The molecule has 0 bridgehead atoms. The monoisotopic (exact) mass is 266 g/mol. The molecule has 0 spiro atoms. The molecular weight excluding hydrogens is 248 g/mol. The van der Waals surface area contributed by atoms with Crippen LogP contribution >= 0.6 is 0 Å². The summed E-state index contributed by atoms with van der Waals surface area (Å²) in [6.45, 7) is 3.57. The summed E-state index contributed by atoms with van der Waals surface area (Å²) in [4.78, 5) is 24.6. The molecule has 0 aromatic carbocycles. The molecule has 1 unspecified atom stereocenters. The fourth-order valence-corrected chi connectivity index (χ4v) is 2.42. The largest absolute Gasteiger partial charge is 0.475 e. The van der Waals surface area contributed by atoms with Gasteiger partial charge in [0.05, 0.1) is 0 Å². The Morgan fingerprint density at radius 2 is 2.26 bits per heavy atom. The Hall–Kier alpha value is -1.85. The van der Waals surface area contributed by atoms with Crippen LogP contribution in [0.3, 0.4) is 0 Å². The average molecular weight is 266 g/mol. The van der Waals surface area contributed by atoms with E-state index in [0.29, 0.717) is 19.0 Å². The van der Waals surface area contributed by atoms with Crippen molar-refractivity contribution in [2.24, 2.45) is 5.92 Å². The van der Waals surface area contributed by atoms with Gasteiger partial charge in [0, 0.05) is 19.2 Å². The summed E-state index contributed by atoms with van der Waals surface area (Å²) < 4.78 is 4.61. The third-order valence-corrected chi connectivity index (χ3v) is 3.65. The fourth-order valence-electron chi connectivity index (χ4n) is 2.42. The van der Waals surface area contributed by atoms with Crippen molar-refractivity contribution in [2.45, 2.75) is 32.6 Å². The smallest absolute Gasteiger partial charge is 0.374 e. The van der Waals surface area contributed by atoms with Crippen molar-refractivity contribution >= 4 is 11.9 Å². The Morgan fingerprint density at radius 3 is 2.89 bits per heavy atom. The number of aromatic carboxylic acids is 1. The quantitative estimate of drug-likeness (QED) is 0.904. The Kier molecular flexibility index (Phi) is 4.19. The number of hydrogen-bond acceptors (Lipinski definition) is 4. The lowest BCUT2D eigenvalue weighted by Crippen LogP contribution is -2.32. The Bertz CT molecular complexity index is 469. The standard InChI is InChI=1S/C13H18N2O4/c1-2-9-4-3-6-15(7-5-9)12(16)10-8-11(13(17)18)19-14-10/h8-9H,2-7H2,1H3,(H,17,18). The molecule has 6 heteroatoms. The van der Waals surface area contributed by atoms with E-state index in [2.05, 4.69) is 16.6 Å². The number of carbonyl (C=O) groups is 2. The maximum Gasteiger partial charge on any atom is 0.374 e. The van der Waals surface area contributed by atoms with Gasteiger partial charge in [-0.1, -0.05) is 18.5 Å². The zero-order chi connectivity index (χ0) is 13.8. The molecule has 104 valence electrons. The fraction of sp³-hybridized carbons (Fsp3) is 0.615. The van der Waals surface area contributed by atoms with Crippen molar-refractivity contribution in [2.75, 3.05) is 13.1 Å². The first-order valence-electron chi connectivity index (χ1n) is 6.61. The van der Waals surface area contributed by atoms with Crippen molar-refractivity contribution < 1.29 is 19.2 Å². The van der Waals surface area contributed by atoms with Crippen molar-refractivity contribution in [1.29, 1.82) is 0 Å². The molecule has 6 nitrogen and oxygen atoms in total. The molecular formula is C13H18N2O4. The molecule has 1 aromatic heterocycles. The number of carbonyl (C=O) groups excluding carboxylic acids is 1. The van der Waals surface area contributed by atoms with Crippen molar-refractivity contribution in [3.05, 3.63) is 17.5 Å². The van der Waals surface area contributed by atoms with Gasteiger partial charge in [0.1, 0.15) is 0 Å². The normalized spacial score (nSPS) is 20.1. The molecule has 2 heterocycles. The van der Waals surface area contributed by atoms with E-state index >= 15 is 0 Å². The predicted molar refractivity (Wildman–Crippen MR) is 67.0 cm³/mol. The zero-order valence-corrected chi connectivity index (χ0v) is 11.0. The van der Waals surface area contributed by atoms with Crippen LogP contribution in [0.2, 0.25) is 0 Å². The minimum atomic E-state index is -1.21. The topological polar surface area (TPSA) is 83.6 Å². The van der Waals surface area contributed by atoms with Crippen LogP contribution in [0.25, 0.3) is 0 Å². The second kappa shape index (κ2) is 5.86. The van der Waals surface area contributed by atoms with Crippen molar-refractivity contribution in [1.82, 2.24) is 10.1 Å². The van der Waals surface area contributed by atoms with Crippen LogP contribution in [0.15, 0.2) is 10.6 Å². The Balaban J connectivity index is 2.04. The second-order valence-corrected chi connectivity index (χ2v) is 4.88. The molecule has 2 rings (SSSR count). The number of carboxylic acids is 1. The molecule has 1 aliphatic rings. The molecule has 1 saturated heterocycles. The van der Waals surface area contributed by atoms with Crippen LogP contribution < -0.4 is 0 Å². The van der Waals surface area contributed by atoms with Crippen LogP contribution in [-0.4, -0.2) is 40.1 Å². The van der Waals surface area contributed by atoms with Crippen LogP contribution in [0.5, 0.6) is 0 Å². The van der Waals surface area contributed by atoms with Gasteiger partial charge in [-0.05, 0) is 25.2 Å². The van der Waals surface area contributed by atoms with Crippen LogP contribution in [-0.2, 0) is 0 Å². The van der Waals surface area contributed by atoms with E-state index in [1.54, 1.807) is 4.90 Å². The van der Waals surface area contributed by atoms with E-state index in [1.165, 1.54) is 6.07 Å². The summed E-state index contributed by atoms with van der Waals surface area (Å²) >= 11 is 0. The molecule has 1 aromatic rings. The molecule has 1 N–H and O–H groups in total. The van der Waals surface area contributed by atoms with Crippen molar-refractivity contribution in [3.63, 3.8) is 0 Å². The molecule has 1 aliphatic heterocycles. The van der Waals surface area contributed by atoms with E-state index in [4.69, 9.17) is 5.11 Å². The third kappa shape index (κ3) is 3.13. The molecule has 0 saturated carbocycles. The van der Waals surface area contributed by atoms with E-state index in [0.717, 1.165) is 25.7 Å². The van der Waals surface area contributed by atoms with Gasteiger partial charge in [0.25, 0.3) is 5.91 Å². The highest BCUT2D eigenvalue weighted by molar-refractivity contribution is 5.94. The summed E-state index contributed by atoms with van der Waals surface area (Å²) in [6.07, 6.45) is 4.24. The predicted octanol–water partition coefficient (Wildman–Crippen LogP) is 2.03. The SMILES string of the molecule is CCC1CCCN(C(=O)c2cc(C(=O)O)on2)CC1. The molecule has 1 atom stereocenters. The van der Waals surface area contributed by atoms with E-state index < -0.39 is 5.97 Å². The number of rotatable bonds is 3. The number of nitrogens with zero attached hydrogens (tertiary/aromatic N) is 2. The second-order valence-electron chi connectivity index (χ2n) is 4.88. The summed E-state index contributed by atoms with van der Waals surface area (Å²) in [7, 11) is 0. The van der Waals surface area contributed by atoms with Gasteiger partial charge in [-0.2, -0.15) is 0 Å². The minimum absolute atomic E-state index is 0.0762. The number of aromatic nitrogens is 1. The first-order valence-corrected chi connectivity index (χ1v) is 6.61. The maximum atomic E-state index is 12.2. The highest BCUT2D eigenvalue weighted by Crippen LogP contribution is 2.21.